The molecule has 1 aliphatic heterocycles. The average molecular weight is 502 g/mol. The topological polar surface area (TPSA) is 85.3 Å². The fraction of sp³-hybridized carbons (Fsp3) is 0.267. The van der Waals surface area contributed by atoms with Crippen molar-refractivity contribution in [3.63, 3.8) is 0 Å². The van der Waals surface area contributed by atoms with Crippen molar-refractivity contribution >= 4 is 23.1 Å². The molecule has 4 rings (SSSR count). The summed E-state index contributed by atoms with van der Waals surface area (Å²) in [7, 11) is 0. The van der Waals surface area contributed by atoms with Crippen LogP contribution < -0.4 is 19.1 Å². The molecule has 1 unspecified atom stereocenters. The molecule has 1 fully saturated rings. The van der Waals surface area contributed by atoms with Crippen LogP contribution in [0, 0.1) is 0 Å². The van der Waals surface area contributed by atoms with Crippen LogP contribution in [0.2, 0.25) is 0 Å². The summed E-state index contributed by atoms with van der Waals surface area (Å²) in [4.78, 5) is 28.3. The highest BCUT2D eigenvalue weighted by Crippen LogP contribution is 2.44. The van der Waals surface area contributed by atoms with Gasteiger partial charge in [-0.1, -0.05) is 49.4 Å². The second-order valence-corrected chi connectivity index (χ2v) is 8.45. The van der Waals surface area contributed by atoms with E-state index in [4.69, 9.17) is 14.2 Å². The molecule has 0 bridgehead atoms. The van der Waals surface area contributed by atoms with Crippen LogP contribution in [0.3, 0.4) is 0 Å². The van der Waals surface area contributed by atoms with Gasteiger partial charge in [-0.25, -0.2) is 0 Å². The number of nitrogens with zero attached hydrogens (tertiary/aromatic N) is 1. The zero-order valence-corrected chi connectivity index (χ0v) is 21.3. The maximum Gasteiger partial charge on any atom is 0.300 e. The lowest BCUT2D eigenvalue weighted by molar-refractivity contribution is -0.132. The van der Waals surface area contributed by atoms with Crippen LogP contribution in [0.25, 0.3) is 5.76 Å². The van der Waals surface area contributed by atoms with Crippen molar-refractivity contribution in [3.05, 3.63) is 89.5 Å². The Morgan fingerprint density at radius 2 is 1.57 bits per heavy atom. The second kappa shape index (κ2) is 11.6. The minimum atomic E-state index is -0.839. The molecule has 7 nitrogen and oxygen atoms in total. The van der Waals surface area contributed by atoms with E-state index in [1.807, 2.05) is 51.1 Å². The monoisotopic (exact) mass is 501 g/mol. The summed E-state index contributed by atoms with van der Waals surface area (Å²) in [6.07, 6.45) is 0.834. The number of amides is 1. The summed E-state index contributed by atoms with van der Waals surface area (Å²) in [5.41, 5.74) is 1.56. The molecule has 1 amide bonds. The number of rotatable bonds is 10. The van der Waals surface area contributed by atoms with E-state index in [1.54, 1.807) is 42.5 Å². The molecule has 1 atom stereocenters. The van der Waals surface area contributed by atoms with Gasteiger partial charge in [-0.15, -0.1) is 0 Å². The van der Waals surface area contributed by atoms with E-state index >= 15 is 0 Å². The Hall–Kier alpha value is -4.26. The predicted molar refractivity (Wildman–Crippen MR) is 142 cm³/mol. The van der Waals surface area contributed by atoms with Gasteiger partial charge in [0.05, 0.1) is 31.4 Å². The van der Waals surface area contributed by atoms with Crippen molar-refractivity contribution in [3.8, 4) is 17.2 Å². The summed E-state index contributed by atoms with van der Waals surface area (Å²) in [5, 5.41) is 11.4. The molecule has 1 saturated heterocycles. The first-order valence-electron chi connectivity index (χ1n) is 12.5. The van der Waals surface area contributed by atoms with Crippen molar-refractivity contribution in [1.82, 2.24) is 0 Å². The molecule has 3 aromatic carbocycles. The van der Waals surface area contributed by atoms with E-state index in [2.05, 4.69) is 0 Å². The van der Waals surface area contributed by atoms with Crippen LogP contribution >= 0.6 is 0 Å². The largest absolute Gasteiger partial charge is 0.507 e. The van der Waals surface area contributed by atoms with Crippen molar-refractivity contribution in [2.45, 2.75) is 33.2 Å². The Morgan fingerprint density at radius 3 is 2.27 bits per heavy atom. The van der Waals surface area contributed by atoms with Crippen molar-refractivity contribution in [2.24, 2.45) is 0 Å². The Kier molecular flexibility index (Phi) is 8.13. The number of hydrogen-bond donors (Lipinski definition) is 1. The highest BCUT2D eigenvalue weighted by Gasteiger charge is 2.47. The molecule has 1 N–H and O–H groups in total. The highest BCUT2D eigenvalue weighted by molar-refractivity contribution is 6.51. The number of ketones is 1. The van der Waals surface area contributed by atoms with Crippen molar-refractivity contribution < 1.29 is 28.9 Å². The zero-order chi connectivity index (χ0) is 26.4. The van der Waals surface area contributed by atoms with Crippen LogP contribution in [0.1, 0.15) is 44.4 Å². The molecule has 1 aliphatic rings. The number of carbonyl (C=O) groups excluding carboxylic acids is 2. The molecule has 0 spiro atoms. The van der Waals surface area contributed by atoms with Gasteiger partial charge in [0.2, 0.25) is 0 Å². The average Bonchev–Trinajstić information content (AvgIpc) is 3.19. The van der Waals surface area contributed by atoms with Crippen LogP contribution in [-0.2, 0) is 9.59 Å². The van der Waals surface area contributed by atoms with E-state index in [0.29, 0.717) is 53.9 Å². The van der Waals surface area contributed by atoms with Gasteiger partial charge in [0.15, 0.2) is 11.5 Å². The summed E-state index contributed by atoms with van der Waals surface area (Å²) >= 11 is 0. The molecule has 3 aromatic rings. The van der Waals surface area contributed by atoms with Gasteiger partial charge in [0, 0.05) is 17.3 Å². The number of Topliss-reactive ketones (excluding diaryl/α,β-unsaturated/α-hetero) is 1. The summed E-state index contributed by atoms with van der Waals surface area (Å²) < 4.78 is 17.1. The van der Waals surface area contributed by atoms with Crippen LogP contribution in [-0.4, -0.2) is 36.6 Å². The number of aliphatic hydroxyl groups excluding tert-OH is 1. The third kappa shape index (κ3) is 5.31. The van der Waals surface area contributed by atoms with Crippen molar-refractivity contribution in [2.75, 3.05) is 24.7 Å². The number of hydrogen-bond acceptors (Lipinski definition) is 6. The molecule has 37 heavy (non-hydrogen) atoms. The molecule has 0 radical (unpaired) electrons. The number of benzene rings is 3. The van der Waals surface area contributed by atoms with E-state index in [0.717, 1.165) is 6.42 Å². The molecule has 0 saturated carbocycles. The van der Waals surface area contributed by atoms with Gasteiger partial charge in [-0.3, -0.25) is 14.5 Å². The number of carbonyl (C=O) groups is 2. The lowest BCUT2D eigenvalue weighted by Gasteiger charge is -2.26. The quantitative estimate of drug-likeness (QED) is 0.212. The summed E-state index contributed by atoms with van der Waals surface area (Å²) in [6.45, 7) is 7.12. The van der Waals surface area contributed by atoms with E-state index in [-0.39, 0.29) is 11.3 Å². The highest BCUT2D eigenvalue weighted by atomic mass is 16.5. The number of anilines is 1. The van der Waals surface area contributed by atoms with E-state index in [9.17, 15) is 14.7 Å². The van der Waals surface area contributed by atoms with E-state index < -0.39 is 17.7 Å². The summed E-state index contributed by atoms with van der Waals surface area (Å²) in [5.74, 6) is -0.170. The third-order valence-corrected chi connectivity index (χ3v) is 5.95. The number of ether oxygens (including phenoxy) is 3. The lowest BCUT2D eigenvalue weighted by atomic mass is 9.95. The van der Waals surface area contributed by atoms with Crippen molar-refractivity contribution in [1.29, 1.82) is 0 Å². The van der Waals surface area contributed by atoms with Gasteiger partial charge in [0.1, 0.15) is 11.5 Å². The van der Waals surface area contributed by atoms with Crippen LogP contribution in [0.5, 0.6) is 17.2 Å². The second-order valence-electron chi connectivity index (χ2n) is 8.45. The molecule has 1 heterocycles. The fourth-order valence-corrected chi connectivity index (χ4v) is 4.35. The van der Waals surface area contributed by atoms with Gasteiger partial charge in [-0.2, -0.15) is 0 Å². The smallest absolute Gasteiger partial charge is 0.300 e. The lowest BCUT2D eigenvalue weighted by Crippen LogP contribution is -2.29. The maximum atomic E-state index is 13.5. The van der Waals surface area contributed by atoms with E-state index in [1.165, 1.54) is 4.90 Å². The fourth-order valence-electron chi connectivity index (χ4n) is 4.35. The minimum Gasteiger partial charge on any atom is -0.507 e. The third-order valence-electron chi connectivity index (χ3n) is 5.95. The molecule has 7 heteroatoms. The Morgan fingerprint density at radius 1 is 0.838 bits per heavy atom. The Balaban J connectivity index is 1.86. The standard InChI is InChI=1S/C30H31NO6/c1-4-17-37-23-14-10-13-21(18-23)28(32)26-27(20-11-8-7-9-12-20)31(30(34)29(26)33)22-15-16-24(35-5-2)25(19-22)36-6-3/h7-16,18-19,27,32H,4-6,17H2,1-3H3/b28-26+. The molecule has 192 valence electrons. The molecular formula is C30H31NO6. The number of aliphatic hydroxyl groups is 1. The van der Waals surface area contributed by atoms with Crippen LogP contribution in [0.4, 0.5) is 5.69 Å². The minimum absolute atomic E-state index is 0.00989. The van der Waals surface area contributed by atoms with Gasteiger partial charge < -0.3 is 19.3 Å². The Labute approximate surface area is 216 Å². The molecular weight excluding hydrogens is 470 g/mol. The first-order chi connectivity index (χ1) is 18.0. The zero-order valence-electron chi connectivity index (χ0n) is 21.3. The SMILES string of the molecule is CCCOc1cccc(/C(O)=C2\C(=O)C(=O)N(c3ccc(OCC)c(OCC)c3)C2c2ccccc2)c1. The first kappa shape index (κ1) is 25.8. The molecule has 0 aromatic heterocycles. The summed E-state index contributed by atoms with van der Waals surface area (Å²) in [6, 6.07) is 20.4. The van der Waals surface area contributed by atoms with Gasteiger partial charge in [0.25, 0.3) is 11.7 Å². The van der Waals surface area contributed by atoms with Gasteiger partial charge in [-0.05, 0) is 50.1 Å². The normalized spacial score (nSPS) is 16.6. The maximum absolute atomic E-state index is 13.5. The van der Waals surface area contributed by atoms with Crippen LogP contribution in [0.15, 0.2) is 78.4 Å². The molecule has 0 aliphatic carbocycles. The first-order valence-corrected chi connectivity index (χ1v) is 12.5. The van der Waals surface area contributed by atoms with Gasteiger partial charge >= 0.3 is 0 Å². The predicted octanol–water partition coefficient (Wildman–Crippen LogP) is 5.90. The Bertz CT molecular complexity index is 1300.